The van der Waals surface area contributed by atoms with Crippen molar-refractivity contribution in [1.82, 2.24) is 0 Å². The van der Waals surface area contributed by atoms with Crippen molar-refractivity contribution in [3.63, 3.8) is 0 Å². The molecule has 1 aliphatic heterocycles. The number of rotatable bonds is 8. The Labute approximate surface area is 246 Å². The van der Waals surface area contributed by atoms with Gasteiger partial charge in [-0.1, -0.05) is 77.3 Å². The smallest absolute Gasteiger partial charge is 0.253 e. The Hall–Kier alpha value is -1.76. The molecule has 37 heavy (non-hydrogen) atoms. The van der Waals surface area contributed by atoms with Crippen LogP contribution in [0.25, 0.3) is 5.32 Å². The fraction of sp³-hybridized carbons (Fsp3) is 0.429. The van der Waals surface area contributed by atoms with E-state index in [2.05, 4.69) is 17.2 Å². The number of hydrogen-bond acceptors (Lipinski definition) is 3. The topological polar surface area (TPSA) is 52.9 Å². The fourth-order valence-corrected chi connectivity index (χ4v) is 2.82. The summed E-state index contributed by atoms with van der Waals surface area (Å²) in [4.78, 5) is 14.6. The van der Waals surface area contributed by atoms with Crippen molar-refractivity contribution in [3.8, 4) is 11.8 Å². The molecule has 0 saturated carbocycles. The van der Waals surface area contributed by atoms with Gasteiger partial charge in [0.25, 0.3) is 5.91 Å². The molecule has 1 amide bonds. The quantitative estimate of drug-likeness (QED) is 0.187. The molecule has 9 heteroatoms. The van der Waals surface area contributed by atoms with Gasteiger partial charge in [-0.15, -0.1) is 6.54 Å². The Morgan fingerprint density at radius 3 is 2.05 bits per heavy atom. The number of carbonyl (C=O) groups is 1. The molecule has 0 spiro atoms. The van der Waals surface area contributed by atoms with Crippen molar-refractivity contribution < 1.29 is 60.1 Å². The van der Waals surface area contributed by atoms with Gasteiger partial charge in [0.1, 0.15) is 6.61 Å². The molecule has 0 fully saturated rings. The van der Waals surface area contributed by atoms with Crippen LogP contribution in [0, 0.1) is 18.5 Å². The van der Waals surface area contributed by atoms with Crippen molar-refractivity contribution in [3.05, 3.63) is 77.2 Å². The molecule has 5 nitrogen and oxygen atoms in total. The predicted molar refractivity (Wildman–Crippen MR) is 142 cm³/mol. The van der Waals surface area contributed by atoms with Gasteiger partial charge in [-0.05, 0) is 23.8 Å². The first-order valence-electron chi connectivity index (χ1n) is 11.6. The number of ether oxygens (including phenoxy) is 2. The van der Waals surface area contributed by atoms with E-state index in [9.17, 15) is 18.0 Å². The number of hydrogen-bond donors (Lipinski definition) is 0. The third-order valence-electron chi connectivity index (χ3n) is 4.23. The summed E-state index contributed by atoms with van der Waals surface area (Å²) in [5.74, 6) is 6.31. The van der Waals surface area contributed by atoms with Crippen LogP contribution in [0.5, 0.6) is 0 Å². The van der Waals surface area contributed by atoms with Crippen molar-refractivity contribution in [1.29, 1.82) is 0 Å². The van der Waals surface area contributed by atoms with E-state index in [1.165, 1.54) is 0 Å². The molecule has 205 valence electrons. The molecular formula is C28H39F3N2O3Y-2. The average molecular weight is 598 g/mol. The van der Waals surface area contributed by atoms with Crippen LogP contribution in [-0.4, -0.2) is 45.9 Å². The molecular weight excluding hydrogens is 558 g/mol. The molecule has 0 bridgehead atoms. The Morgan fingerprint density at radius 1 is 0.919 bits per heavy atom. The van der Waals surface area contributed by atoms with E-state index < -0.39 is 6.68 Å². The van der Waals surface area contributed by atoms with Gasteiger partial charge in [-0.2, -0.15) is 7.05 Å². The average Bonchev–Trinajstić information content (AvgIpc) is 2.87. The maximum absolute atomic E-state index is 12.9. The maximum Gasteiger partial charge on any atom is 0.253 e. The Balaban J connectivity index is -0.00000104. The fourth-order valence-electron chi connectivity index (χ4n) is 2.82. The molecule has 1 heterocycles. The van der Waals surface area contributed by atoms with Crippen LogP contribution in [-0.2, 0) is 53.5 Å². The third-order valence-corrected chi connectivity index (χ3v) is 4.23. The summed E-state index contributed by atoms with van der Waals surface area (Å²) in [6.45, 7) is 7.46. The van der Waals surface area contributed by atoms with Gasteiger partial charge in [-0.3, -0.25) is 4.79 Å². The van der Waals surface area contributed by atoms with Gasteiger partial charge in [-0.25, -0.2) is 0 Å². The van der Waals surface area contributed by atoms with Crippen molar-refractivity contribution in [2.45, 2.75) is 41.7 Å². The van der Waals surface area contributed by atoms with Crippen molar-refractivity contribution >= 4 is 11.6 Å². The zero-order valence-corrected chi connectivity index (χ0v) is 24.5. The van der Waals surface area contributed by atoms with Gasteiger partial charge >= 0.3 is 0 Å². The largest absolute Gasteiger partial charge is 0.663 e. The van der Waals surface area contributed by atoms with E-state index >= 15 is 0 Å². The SMILES string of the molecule is C.CC.CC.C[N-]CCOCCOCC(=O)N1Cc2ccccc2C#Cc2ccccc21.F[C-](F)F.[Y]. The van der Waals surface area contributed by atoms with Crippen molar-refractivity contribution in [2.24, 2.45) is 0 Å². The molecule has 2 aromatic carbocycles. The molecule has 1 aliphatic rings. The normalized spacial score (nSPS) is 10.2. The maximum atomic E-state index is 12.9. The summed E-state index contributed by atoms with van der Waals surface area (Å²) in [7, 11) is 1.75. The zero-order chi connectivity index (χ0) is 26.5. The summed E-state index contributed by atoms with van der Waals surface area (Å²) in [5.41, 5.74) is 3.63. The standard InChI is InChI=1S/C22H23N2O3.2C2H6.CF3.CH4.Y/c1-23-12-13-26-14-15-27-17-22(25)24-16-20-8-3-2-6-18(20)10-11-19-7-4-5-9-21(19)24;2*1-2;2-1(3)4;;/h2-9H,12-17H2,1H3;2*1-2H3;;1H4;/q-1;;;-1;;. The summed E-state index contributed by atoms with van der Waals surface area (Å²) < 4.78 is 39.6. The number of para-hydroxylation sites is 1. The monoisotopic (exact) mass is 597 g/mol. The van der Waals surface area contributed by atoms with E-state index in [1.807, 2.05) is 76.2 Å². The number of fused-ring (bicyclic) bond motifs is 2. The van der Waals surface area contributed by atoms with Crippen LogP contribution in [0.15, 0.2) is 48.5 Å². The number of halogens is 3. The number of amides is 1. The summed E-state index contributed by atoms with van der Waals surface area (Å²) in [6, 6.07) is 15.6. The van der Waals surface area contributed by atoms with E-state index in [-0.39, 0.29) is 52.6 Å². The molecule has 0 saturated heterocycles. The Bertz CT molecular complexity index is 903. The Morgan fingerprint density at radius 2 is 1.43 bits per heavy atom. The van der Waals surface area contributed by atoms with E-state index in [0.717, 1.165) is 22.4 Å². The number of likely N-dealkylation sites (N-methyl/N-ethyl adjacent to an activating group) is 1. The molecule has 1 radical (unpaired) electrons. The van der Waals surface area contributed by atoms with Crippen molar-refractivity contribution in [2.75, 3.05) is 44.9 Å². The minimum atomic E-state index is -3.08. The number of carbonyl (C=O) groups excluding carboxylic acids is 1. The van der Waals surface area contributed by atoms with Gasteiger partial charge in [0.05, 0.1) is 25.4 Å². The van der Waals surface area contributed by atoms with Gasteiger partial charge < -0.3 is 32.9 Å². The molecule has 0 atom stereocenters. The van der Waals surface area contributed by atoms with E-state index in [1.54, 1.807) is 11.9 Å². The molecule has 0 aromatic heterocycles. The van der Waals surface area contributed by atoms with Crippen LogP contribution in [0.2, 0.25) is 0 Å². The van der Waals surface area contributed by atoms with Gasteiger partial charge in [0.2, 0.25) is 0 Å². The first kappa shape index (κ1) is 39.8. The van der Waals surface area contributed by atoms with Gasteiger partial charge in [0.15, 0.2) is 6.68 Å². The number of nitrogens with zero attached hydrogens (tertiary/aromatic N) is 2. The molecule has 2 aromatic rings. The summed E-state index contributed by atoms with van der Waals surface area (Å²) in [5, 5.41) is 3.96. The van der Waals surface area contributed by atoms with Crippen LogP contribution >= 0.6 is 0 Å². The summed E-state index contributed by atoms with van der Waals surface area (Å²) >= 11 is 0. The van der Waals surface area contributed by atoms with E-state index in [0.29, 0.717) is 32.9 Å². The molecule has 0 aliphatic carbocycles. The number of benzene rings is 2. The Kier molecular flexibility index (Phi) is 27.8. The molecule has 3 rings (SSSR count). The van der Waals surface area contributed by atoms with Crippen LogP contribution in [0.1, 0.15) is 51.8 Å². The van der Waals surface area contributed by atoms with Gasteiger partial charge in [0, 0.05) is 50.4 Å². The minimum Gasteiger partial charge on any atom is -0.663 e. The third kappa shape index (κ3) is 16.6. The second kappa shape index (κ2) is 25.9. The van der Waals surface area contributed by atoms with Crippen LogP contribution < -0.4 is 4.90 Å². The molecule has 0 unspecified atom stereocenters. The first-order valence-corrected chi connectivity index (χ1v) is 11.6. The predicted octanol–water partition coefficient (Wildman–Crippen LogP) is 7.00. The molecule has 0 N–H and O–H groups in total. The van der Waals surface area contributed by atoms with E-state index in [4.69, 9.17) is 9.47 Å². The number of anilines is 1. The summed E-state index contributed by atoms with van der Waals surface area (Å²) in [6.07, 6.45) is 0. The second-order valence-electron chi connectivity index (χ2n) is 6.32. The second-order valence-corrected chi connectivity index (χ2v) is 6.32. The van der Waals surface area contributed by atoms with Crippen LogP contribution in [0.4, 0.5) is 18.9 Å². The minimum absolute atomic E-state index is 0. The van der Waals surface area contributed by atoms with Crippen LogP contribution in [0.3, 0.4) is 0 Å². The first-order chi connectivity index (χ1) is 17.0. The zero-order valence-electron chi connectivity index (χ0n) is 21.7.